The second-order valence-electron chi connectivity index (χ2n) is 5.81. The van der Waals surface area contributed by atoms with E-state index in [1.165, 1.54) is 11.3 Å². The molecule has 6 nitrogen and oxygen atoms in total. The molecule has 1 aliphatic heterocycles. The minimum absolute atomic E-state index is 0.115. The number of amides is 2. The molecule has 136 valence electrons. The van der Waals surface area contributed by atoms with Crippen LogP contribution in [-0.4, -0.2) is 36.2 Å². The molecular formula is C18H19N3O3S2. The summed E-state index contributed by atoms with van der Waals surface area (Å²) in [5.74, 6) is -0.386. The van der Waals surface area contributed by atoms with Gasteiger partial charge in [-0.25, -0.2) is 0 Å². The first-order valence-electron chi connectivity index (χ1n) is 8.27. The van der Waals surface area contributed by atoms with Crippen LogP contribution in [0.5, 0.6) is 0 Å². The highest BCUT2D eigenvalue weighted by Gasteiger charge is 2.16. The molecule has 26 heavy (non-hydrogen) atoms. The molecule has 1 aliphatic rings. The Morgan fingerprint density at radius 3 is 2.65 bits per heavy atom. The number of thiophene rings is 1. The molecule has 0 saturated carbocycles. The summed E-state index contributed by atoms with van der Waals surface area (Å²) in [5, 5.41) is 10.5. The zero-order chi connectivity index (χ0) is 18.4. The highest BCUT2D eigenvalue weighted by molar-refractivity contribution is 7.80. The minimum Gasteiger partial charge on any atom is -0.376 e. The molecule has 2 amide bonds. The summed E-state index contributed by atoms with van der Waals surface area (Å²) >= 11 is 6.49. The third kappa shape index (κ3) is 5.10. The molecule has 2 aromatic rings. The summed E-state index contributed by atoms with van der Waals surface area (Å²) in [7, 11) is 0. The minimum atomic E-state index is -0.248. The van der Waals surface area contributed by atoms with Crippen molar-refractivity contribution in [2.45, 2.75) is 18.9 Å². The highest BCUT2D eigenvalue weighted by Crippen LogP contribution is 2.13. The van der Waals surface area contributed by atoms with Crippen LogP contribution in [0.25, 0.3) is 0 Å². The smallest absolute Gasteiger partial charge is 0.267 e. The summed E-state index contributed by atoms with van der Waals surface area (Å²) in [5.41, 5.74) is 1.25. The molecule has 2 heterocycles. The Balaban J connectivity index is 1.48. The predicted molar refractivity (Wildman–Crippen MR) is 106 cm³/mol. The first kappa shape index (κ1) is 18.5. The average Bonchev–Trinajstić information content (AvgIpc) is 3.34. The lowest BCUT2D eigenvalue weighted by molar-refractivity contribution is 0.0857. The monoisotopic (exact) mass is 389 g/mol. The largest absolute Gasteiger partial charge is 0.376 e. The van der Waals surface area contributed by atoms with Crippen molar-refractivity contribution in [1.29, 1.82) is 0 Å². The molecule has 0 bridgehead atoms. The van der Waals surface area contributed by atoms with E-state index in [2.05, 4.69) is 16.0 Å². The van der Waals surface area contributed by atoms with Gasteiger partial charge in [-0.1, -0.05) is 6.07 Å². The molecule has 0 spiro atoms. The molecule has 1 aromatic heterocycles. The number of hydrogen-bond donors (Lipinski definition) is 3. The molecule has 3 rings (SSSR count). The first-order chi connectivity index (χ1) is 12.6. The van der Waals surface area contributed by atoms with E-state index < -0.39 is 0 Å². The normalized spacial score (nSPS) is 16.1. The van der Waals surface area contributed by atoms with E-state index in [0.717, 1.165) is 19.4 Å². The van der Waals surface area contributed by atoms with Crippen LogP contribution in [0.2, 0.25) is 0 Å². The van der Waals surface area contributed by atoms with Crippen LogP contribution in [0.15, 0.2) is 41.8 Å². The number of thiocarbonyl (C=S) groups is 1. The molecular weight excluding hydrogens is 370 g/mol. The van der Waals surface area contributed by atoms with Crippen LogP contribution in [0.3, 0.4) is 0 Å². The third-order valence-corrected chi connectivity index (χ3v) is 4.96. The van der Waals surface area contributed by atoms with Gasteiger partial charge in [0.1, 0.15) is 0 Å². The van der Waals surface area contributed by atoms with Gasteiger partial charge >= 0.3 is 0 Å². The van der Waals surface area contributed by atoms with Gasteiger partial charge < -0.3 is 15.4 Å². The number of benzene rings is 1. The van der Waals surface area contributed by atoms with Crippen molar-refractivity contribution in [2.75, 3.05) is 18.5 Å². The predicted octanol–water partition coefficient (Wildman–Crippen LogP) is 2.78. The fraction of sp³-hybridized carbons (Fsp3) is 0.278. The van der Waals surface area contributed by atoms with Crippen molar-refractivity contribution in [3.8, 4) is 0 Å². The van der Waals surface area contributed by atoms with Crippen molar-refractivity contribution in [1.82, 2.24) is 10.6 Å². The number of anilines is 1. The van der Waals surface area contributed by atoms with Crippen molar-refractivity contribution in [3.05, 3.63) is 52.2 Å². The molecule has 1 atom stereocenters. The molecule has 0 unspecified atom stereocenters. The second kappa shape index (κ2) is 8.88. The Bertz CT molecular complexity index is 769. The number of nitrogens with one attached hydrogen (secondary N) is 3. The van der Waals surface area contributed by atoms with E-state index in [1.807, 2.05) is 5.38 Å². The van der Waals surface area contributed by atoms with Crippen LogP contribution in [0.1, 0.15) is 32.9 Å². The number of rotatable bonds is 5. The van der Waals surface area contributed by atoms with Crippen LogP contribution in [-0.2, 0) is 4.74 Å². The summed E-state index contributed by atoms with van der Waals surface area (Å²) in [6.07, 6.45) is 2.14. The van der Waals surface area contributed by atoms with Crippen molar-refractivity contribution in [3.63, 3.8) is 0 Å². The Morgan fingerprint density at radius 1 is 1.19 bits per heavy atom. The molecule has 3 N–H and O–H groups in total. The van der Waals surface area contributed by atoms with Gasteiger partial charge in [0.15, 0.2) is 5.11 Å². The fourth-order valence-corrected chi connectivity index (χ4v) is 3.38. The number of carbonyl (C=O) groups excluding carboxylic acids is 2. The lowest BCUT2D eigenvalue weighted by Gasteiger charge is -2.12. The van der Waals surface area contributed by atoms with Gasteiger partial charge in [-0.2, -0.15) is 0 Å². The summed E-state index contributed by atoms with van der Waals surface area (Å²) < 4.78 is 5.49. The van der Waals surface area contributed by atoms with Gasteiger partial charge in [0.2, 0.25) is 0 Å². The van der Waals surface area contributed by atoms with Crippen LogP contribution in [0.4, 0.5) is 5.69 Å². The number of ether oxygens (including phenoxy) is 1. The fourth-order valence-electron chi connectivity index (χ4n) is 2.55. The van der Waals surface area contributed by atoms with Gasteiger partial charge in [-0.15, -0.1) is 11.3 Å². The molecule has 8 heteroatoms. The Morgan fingerprint density at radius 2 is 2.00 bits per heavy atom. The van der Waals surface area contributed by atoms with Crippen molar-refractivity contribution in [2.24, 2.45) is 0 Å². The van der Waals surface area contributed by atoms with Crippen molar-refractivity contribution < 1.29 is 14.3 Å². The molecule has 0 aliphatic carbocycles. The second-order valence-corrected chi connectivity index (χ2v) is 7.16. The first-order valence-corrected chi connectivity index (χ1v) is 9.56. The summed E-state index contributed by atoms with van der Waals surface area (Å²) in [6.45, 7) is 1.29. The maximum Gasteiger partial charge on any atom is 0.267 e. The Kier molecular flexibility index (Phi) is 6.32. The standard InChI is InChI=1S/C18H19N3O3S2/c22-16(19-11-14-3-1-9-24-14)12-5-7-13(8-6-12)20-18(25)21-17(23)15-4-2-10-26-15/h2,4-8,10,14H,1,3,9,11H2,(H,19,22)(H2,20,21,23,25)/t14-/m0/s1. The maximum atomic E-state index is 12.1. The van der Waals surface area contributed by atoms with Crippen LogP contribution in [0, 0.1) is 0 Å². The van der Waals surface area contributed by atoms with E-state index in [9.17, 15) is 9.59 Å². The van der Waals surface area contributed by atoms with E-state index in [4.69, 9.17) is 17.0 Å². The number of hydrogen-bond acceptors (Lipinski definition) is 5. The Hall–Kier alpha value is -2.29. The summed E-state index contributed by atoms with van der Waals surface area (Å²) in [4.78, 5) is 24.7. The maximum absolute atomic E-state index is 12.1. The van der Waals surface area contributed by atoms with E-state index >= 15 is 0 Å². The summed E-state index contributed by atoms with van der Waals surface area (Å²) in [6, 6.07) is 10.4. The molecule has 1 aromatic carbocycles. The van der Waals surface area contributed by atoms with Gasteiger partial charge in [0.25, 0.3) is 11.8 Å². The average molecular weight is 390 g/mol. The van der Waals surface area contributed by atoms with E-state index in [0.29, 0.717) is 22.7 Å². The van der Waals surface area contributed by atoms with Gasteiger partial charge in [0.05, 0.1) is 11.0 Å². The van der Waals surface area contributed by atoms with Crippen molar-refractivity contribution >= 4 is 46.2 Å². The van der Waals surface area contributed by atoms with Gasteiger partial charge in [-0.05, 0) is 60.8 Å². The van der Waals surface area contributed by atoms with E-state index in [1.54, 1.807) is 36.4 Å². The van der Waals surface area contributed by atoms with Crippen LogP contribution >= 0.6 is 23.6 Å². The lowest BCUT2D eigenvalue weighted by atomic mass is 10.2. The van der Waals surface area contributed by atoms with Crippen LogP contribution < -0.4 is 16.0 Å². The topological polar surface area (TPSA) is 79.5 Å². The Labute approximate surface area is 160 Å². The zero-order valence-corrected chi connectivity index (χ0v) is 15.6. The quantitative estimate of drug-likeness (QED) is 0.686. The lowest BCUT2D eigenvalue weighted by Crippen LogP contribution is -2.33. The molecule has 1 fully saturated rings. The van der Waals surface area contributed by atoms with Gasteiger partial charge in [0, 0.05) is 24.4 Å². The molecule has 1 saturated heterocycles. The SMILES string of the molecule is O=C(NC[C@@H]1CCCO1)c1ccc(NC(=S)NC(=O)c2cccs2)cc1. The highest BCUT2D eigenvalue weighted by atomic mass is 32.1. The molecule has 0 radical (unpaired) electrons. The van der Waals surface area contributed by atoms with E-state index in [-0.39, 0.29) is 23.0 Å². The number of carbonyl (C=O) groups is 2. The zero-order valence-electron chi connectivity index (χ0n) is 14.0. The van der Waals surface area contributed by atoms with Gasteiger partial charge in [-0.3, -0.25) is 14.9 Å². The third-order valence-electron chi connectivity index (χ3n) is 3.89.